The third kappa shape index (κ3) is 1.36. The van der Waals surface area contributed by atoms with Gasteiger partial charge in [-0.1, -0.05) is 13.0 Å². The Morgan fingerprint density at radius 3 is 2.94 bits per heavy atom. The highest BCUT2D eigenvalue weighted by atomic mass is 16.5. The number of carbonyl (C=O) groups excluding carboxylic acids is 1. The van der Waals surface area contributed by atoms with Gasteiger partial charge in [-0.15, -0.1) is 0 Å². The Labute approximate surface area is 102 Å². The summed E-state index contributed by atoms with van der Waals surface area (Å²) in [5, 5.41) is 0. The van der Waals surface area contributed by atoms with Gasteiger partial charge in [0, 0.05) is 6.42 Å². The Bertz CT molecular complexity index is 478. The van der Waals surface area contributed by atoms with E-state index in [1.807, 2.05) is 6.07 Å². The molecule has 1 saturated carbocycles. The first-order valence-corrected chi connectivity index (χ1v) is 6.40. The monoisotopic (exact) mass is 230 g/mol. The predicted octanol–water partition coefficient (Wildman–Crippen LogP) is 2.88. The molecule has 0 aromatic heterocycles. The van der Waals surface area contributed by atoms with Crippen LogP contribution in [-0.4, -0.2) is 12.9 Å². The number of Topliss-reactive ketones (excluding diaryl/α,β-unsaturated/α-hetero) is 1. The van der Waals surface area contributed by atoms with Gasteiger partial charge in [0.25, 0.3) is 0 Å². The lowest BCUT2D eigenvalue weighted by atomic mass is 9.69. The first-order valence-electron chi connectivity index (χ1n) is 6.40. The Balaban J connectivity index is 2.16. The molecule has 2 nitrogen and oxygen atoms in total. The maximum Gasteiger partial charge on any atom is 0.143 e. The fraction of sp³-hybridized carbons (Fsp3) is 0.533. The molecule has 3 rings (SSSR count). The molecule has 2 bridgehead atoms. The van der Waals surface area contributed by atoms with Crippen LogP contribution in [0.4, 0.5) is 0 Å². The molecule has 0 aliphatic heterocycles. The number of rotatable bonds is 2. The van der Waals surface area contributed by atoms with Gasteiger partial charge in [0.1, 0.15) is 11.5 Å². The van der Waals surface area contributed by atoms with E-state index in [2.05, 4.69) is 19.1 Å². The van der Waals surface area contributed by atoms with Crippen LogP contribution in [0.3, 0.4) is 0 Å². The van der Waals surface area contributed by atoms with Crippen molar-refractivity contribution in [1.82, 2.24) is 0 Å². The second-order valence-electron chi connectivity index (χ2n) is 5.36. The van der Waals surface area contributed by atoms with E-state index in [4.69, 9.17) is 4.74 Å². The molecule has 2 atom stereocenters. The number of methoxy groups -OCH3 is 1. The molecule has 90 valence electrons. The largest absolute Gasteiger partial charge is 0.497 e. The minimum Gasteiger partial charge on any atom is -0.497 e. The number of benzene rings is 1. The number of ether oxygens (including phenoxy) is 1. The maximum absolute atomic E-state index is 12.3. The minimum absolute atomic E-state index is 0.176. The second kappa shape index (κ2) is 3.59. The van der Waals surface area contributed by atoms with Crippen molar-refractivity contribution in [3.05, 3.63) is 29.3 Å². The lowest BCUT2D eigenvalue weighted by molar-refractivity contribution is -0.122. The van der Waals surface area contributed by atoms with Crippen molar-refractivity contribution in [2.24, 2.45) is 5.92 Å². The van der Waals surface area contributed by atoms with E-state index in [1.54, 1.807) is 7.11 Å². The van der Waals surface area contributed by atoms with Crippen LogP contribution in [0.15, 0.2) is 18.2 Å². The summed E-state index contributed by atoms with van der Waals surface area (Å²) in [6, 6.07) is 6.21. The number of fused-ring (bicyclic) bond motifs is 4. The first-order chi connectivity index (χ1) is 8.19. The predicted molar refractivity (Wildman–Crippen MR) is 66.4 cm³/mol. The molecule has 1 fully saturated rings. The molecule has 0 spiro atoms. The van der Waals surface area contributed by atoms with Gasteiger partial charge in [-0.3, -0.25) is 4.79 Å². The normalized spacial score (nSPS) is 30.2. The zero-order chi connectivity index (χ0) is 12.0. The third-order valence-corrected chi connectivity index (χ3v) is 4.59. The summed E-state index contributed by atoms with van der Waals surface area (Å²) in [5.74, 6) is 1.92. The molecule has 0 radical (unpaired) electrons. The van der Waals surface area contributed by atoms with E-state index in [0.717, 1.165) is 31.4 Å². The standard InChI is InChI=1S/C15H18O2/c1-3-15-9-10(7-14(15)16)6-11-8-12(17-2)4-5-13(11)15/h4-5,8,10H,3,6-7,9H2,1-2H3. The molecule has 2 aliphatic rings. The van der Waals surface area contributed by atoms with Crippen LogP contribution in [0.5, 0.6) is 5.75 Å². The summed E-state index contributed by atoms with van der Waals surface area (Å²) in [6.45, 7) is 2.14. The third-order valence-electron chi connectivity index (χ3n) is 4.59. The zero-order valence-corrected chi connectivity index (χ0v) is 10.5. The second-order valence-corrected chi connectivity index (χ2v) is 5.36. The average molecular weight is 230 g/mol. The van der Waals surface area contributed by atoms with Gasteiger partial charge in [-0.25, -0.2) is 0 Å². The maximum atomic E-state index is 12.3. The van der Waals surface area contributed by atoms with Crippen LogP contribution in [-0.2, 0) is 16.6 Å². The molecular formula is C15H18O2. The van der Waals surface area contributed by atoms with Gasteiger partial charge in [0.2, 0.25) is 0 Å². The summed E-state index contributed by atoms with van der Waals surface area (Å²) in [4.78, 5) is 12.3. The lowest BCUT2D eigenvalue weighted by Gasteiger charge is -2.33. The minimum atomic E-state index is -0.176. The highest BCUT2D eigenvalue weighted by molar-refractivity contribution is 5.93. The molecule has 2 unspecified atom stereocenters. The van der Waals surface area contributed by atoms with Crippen LogP contribution in [0, 0.1) is 5.92 Å². The Hall–Kier alpha value is -1.31. The molecule has 0 amide bonds. The van der Waals surface area contributed by atoms with Crippen molar-refractivity contribution in [1.29, 1.82) is 0 Å². The van der Waals surface area contributed by atoms with E-state index in [-0.39, 0.29) is 5.41 Å². The quantitative estimate of drug-likeness (QED) is 0.781. The van der Waals surface area contributed by atoms with Gasteiger partial charge in [-0.05, 0) is 48.4 Å². The summed E-state index contributed by atoms with van der Waals surface area (Å²) >= 11 is 0. The van der Waals surface area contributed by atoms with Gasteiger partial charge in [-0.2, -0.15) is 0 Å². The molecule has 2 heteroatoms. The zero-order valence-electron chi connectivity index (χ0n) is 10.5. The van der Waals surface area contributed by atoms with Gasteiger partial charge in [0.15, 0.2) is 0 Å². The van der Waals surface area contributed by atoms with Gasteiger partial charge in [0.05, 0.1) is 12.5 Å². The Kier molecular flexibility index (Phi) is 2.29. The van der Waals surface area contributed by atoms with Crippen LogP contribution < -0.4 is 4.74 Å². The summed E-state index contributed by atoms with van der Waals surface area (Å²) < 4.78 is 5.28. The molecule has 0 heterocycles. The van der Waals surface area contributed by atoms with Gasteiger partial charge >= 0.3 is 0 Å². The number of hydrogen-bond acceptors (Lipinski definition) is 2. The molecule has 0 saturated heterocycles. The fourth-order valence-electron chi connectivity index (χ4n) is 3.72. The molecule has 17 heavy (non-hydrogen) atoms. The Morgan fingerprint density at radius 2 is 2.24 bits per heavy atom. The van der Waals surface area contributed by atoms with E-state index >= 15 is 0 Å². The summed E-state index contributed by atoms with van der Waals surface area (Å²) in [6.07, 6.45) is 3.80. The topological polar surface area (TPSA) is 26.3 Å². The van der Waals surface area contributed by atoms with Crippen LogP contribution in [0.2, 0.25) is 0 Å². The van der Waals surface area contributed by atoms with Crippen LogP contribution in [0.1, 0.15) is 37.3 Å². The average Bonchev–Trinajstić information content (AvgIpc) is 2.61. The van der Waals surface area contributed by atoms with E-state index in [0.29, 0.717) is 11.7 Å². The smallest absolute Gasteiger partial charge is 0.143 e. The van der Waals surface area contributed by atoms with Crippen LogP contribution in [0.25, 0.3) is 0 Å². The van der Waals surface area contributed by atoms with Crippen molar-refractivity contribution in [3.63, 3.8) is 0 Å². The van der Waals surface area contributed by atoms with Crippen molar-refractivity contribution in [3.8, 4) is 5.75 Å². The number of hydrogen-bond donors (Lipinski definition) is 0. The molecule has 0 N–H and O–H groups in total. The molecule has 2 aliphatic carbocycles. The van der Waals surface area contributed by atoms with Crippen molar-refractivity contribution < 1.29 is 9.53 Å². The SMILES string of the molecule is CCC12CC(CC1=O)Cc1cc(OC)ccc12. The van der Waals surface area contributed by atoms with Gasteiger partial charge < -0.3 is 4.74 Å². The van der Waals surface area contributed by atoms with Crippen molar-refractivity contribution >= 4 is 5.78 Å². The van der Waals surface area contributed by atoms with Crippen molar-refractivity contribution in [2.75, 3.05) is 7.11 Å². The summed E-state index contributed by atoms with van der Waals surface area (Å²) in [7, 11) is 1.69. The summed E-state index contributed by atoms with van der Waals surface area (Å²) in [5.41, 5.74) is 2.41. The van der Waals surface area contributed by atoms with Crippen molar-refractivity contribution in [2.45, 2.75) is 38.0 Å². The highest BCUT2D eigenvalue weighted by Crippen LogP contribution is 2.50. The highest BCUT2D eigenvalue weighted by Gasteiger charge is 2.50. The first kappa shape index (κ1) is 10.8. The lowest BCUT2D eigenvalue weighted by Crippen LogP contribution is -2.33. The molecular weight excluding hydrogens is 212 g/mol. The molecule has 1 aromatic carbocycles. The fourth-order valence-corrected chi connectivity index (χ4v) is 3.72. The number of carbonyl (C=O) groups is 1. The van der Waals surface area contributed by atoms with Crippen LogP contribution >= 0.6 is 0 Å². The van der Waals surface area contributed by atoms with E-state index in [9.17, 15) is 4.79 Å². The van der Waals surface area contributed by atoms with E-state index in [1.165, 1.54) is 11.1 Å². The Morgan fingerprint density at radius 1 is 1.41 bits per heavy atom. The molecule has 1 aromatic rings. The van der Waals surface area contributed by atoms with E-state index < -0.39 is 0 Å². The number of ketones is 1.